The number of aryl methyl sites for hydroxylation is 1. The van der Waals surface area contributed by atoms with Gasteiger partial charge in [0.15, 0.2) is 5.82 Å². The van der Waals surface area contributed by atoms with Crippen molar-refractivity contribution in [2.45, 2.75) is 94.3 Å². The van der Waals surface area contributed by atoms with Gasteiger partial charge in [-0.3, -0.25) is 19.3 Å². The van der Waals surface area contributed by atoms with Crippen molar-refractivity contribution in [3.63, 3.8) is 0 Å². The number of amides is 3. The number of fused-ring (bicyclic) bond motifs is 5. The van der Waals surface area contributed by atoms with E-state index in [0.29, 0.717) is 62.6 Å². The minimum absolute atomic E-state index is 0.0498. The molecule has 2 N–H and O–H groups in total. The Balaban J connectivity index is 0.956. The maximum atomic E-state index is 15.0. The predicted molar refractivity (Wildman–Crippen MR) is 213 cm³/mol. The highest BCUT2D eigenvalue weighted by Gasteiger charge is 2.57. The summed E-state index contributed by atoms with van der Waals surface area (Å²) in [5, 5.41) is 6.33. The SMILES string of the molecule is CNC(=O)c1cc(Nc2nc(-c3ccc4c(c3)N([C@H]3C[C@@H](N5C[C@H]6CC[C@@H]5C6)C3)C(=O)C43CCN(C(=O)C4COC4)CC3)cc3ncn(C4CC4)c23)ccc1C. The standard InChI is InChI=1S/C44H50N8O4/c1-25-3-6-29(17-34(25)41(53)45-2)47-40-39-37(46-24-51(39)30-8-9-30)20-36(48-40)27-5-10-35-38(16-27)52(33-18-32(19-33)50-21-26-4-7-31(50)15-26)43(55)44(35)11-13-49(14-12-44)42(54)28-22-56-23-28/h3,5-6,10,16-17,20,24,26,28,30-33H,4,7-9,11-15,18-19,21-23H2,1-2H3,(H,45,53)(H,47,48)/t26-,31+,32-,33+/m0/s1. The number of ether oxygens (including phenoxy) is 1. The molecule has 12 nitrogen and oxygen atoms in total. The smallest absolute Gasteiger partial charge is 0.251 e. The van der Waals surface area contributed by atoms with E-state index in [4.69, 9.17) is 14.7 Å². The summed E-state index contributed by atoms with van der Waals surface area (Å²) in [4.78, 5) is 58.0. The van der Waals surface area contributed by atoms with Gasteiger partial charge >= 0.3 is 0 Å². The van der Waals surface area contributed by atoms with Crippen LogP contribution in [-0.4, -0.2) is 100 Å². The molecule has 290 valence electrons. The fraction of sp³-hybridized carbons (Fsp3) is 0.523. The van der Waals surface area contributed by atoms with Crippen LogP contribution < -0.4 is 15.5 Å². The first-order chi connectivity index (χ1) is 27.3. The molecule has 2 aromatic carbocycles. The van der Waals surface area contributed by atoms with E-state index in [0.717, 1.165) is 82.4 Å². The fourth-order valence-corrected chi connectivity index (χ4v) is 10.9. The first kappa shape index (κ1) is 34.4. The quantitative estimate of drug-likeness (QED) is 0.235. The number of hydrogen-bond donors (Lipinski definition) is 2. The van der Waals surface area contributed by atoms with Gasteiger partial charge in [-0.1, -0.05) is 18.2 Å². The van der Waals surface area contributed by atoms with Gasteiger partial charge < -0.3 is 29.7 Å². The third kappa shape index (κ3) is 5.35. The van der Waals surface area contributed by atoms with E-state index < -0.39 is 5.41 Å². The average molecular weight is 755 g/mol. The van der Waals surface area contributed by atoms with Gasteiger partial charge in [0.05, 0.1) is 42.1 Å². The molecule has 0 radical (unpaired) electrons. The number of carbonyl (C=O) groups excluding carboxylic acids is 3. The van der Waals surface area contributed by atoms with Gasteiger partial charge in [-0.15, -0.1) is 0 Å². The number of anilines is 3. The Morgan fingerprint density at radius 1 is 0.911 bits per heavy atom. The van der Waals surface area contributed by atoms with Crippen LogP contribution in [-0.2, 0) is 19.7 Å². The Kier molecular flexibility index (Phi) is 7.91. The topological polar surface area (TPSA) is 125 Å². The van der Waals surface area contributed by atoms with Crippen LogP contribution in [0.4, 0.5) is 17.2 Å². The largest absolute Gasteiger partial charge is 0.380 e. The number of rotatable bonds is 8. The summed E-state index contributed by atoms with van der Waals surface area (Å²) in [7, 11) is 1.65. The summed E-state index contributed by atoms with van der Waals surface area (Å²) in [5.74, 6) is 1.72. The van der Waals surface area contributed by atoms with E-state index in [2.05, 4.69) is 49.3 Å². The number of benzene rings is 2. The van der Waals surface area contributed by atoms with Gasteiger partial charge in [-0.05, 0) is 106 Å². The van der Waals surface area contributed by atoms with Crippen LogP contribution in [0.5, 0.6) is 0 Å². The number of aromatic nitrogens is 3. The van der Waals surface area contributed by atoms with Crippen molar-refractivity contribution >= 4 is 45.9 Å². The minimum Gasteiger partial charge on any atom is -0.380 e. The first-order valence-corrected chi connectivity index (χ1v) is 20.9. The van der Waals surface area contributed by atoms with Crippen molar-refractivity contribution in [3.8, 4) is 11.3 Å². The van der Waals surface area contributed by atoms with Gasteiger partial charge in [0.2, 0.25) is 11.8 Å². The van der Waals surface area contributed by atoms with Crippen molar-refractivity contribution < 1.29 is 19.1 Å². The zero-order valence-corrected chi connectivity index (χ0v) is 32.3. The molecule has 1 spiro atoms. The van der Waals surface area contributed by atoms with Crippen LogP contribution in [0.1, 0.15) is 85.3 Å². The molecule has 2 aromatic heterocycles. The number of likely N-dealkylation sites (tertiary alicyclic amines) is 2. The Bertz CT molecular complexity index is 2280. The van der Waals surface area contributed by atoms with Gasteiger partial charge in [0, 0.05) is 73.4 Å². The summed E-state index contributed by atoms with van der Waals surface area (Å²) in [5.41, 5.74) is 7.24. The Hall–Kier alpha value is -4.81. The van der Waals surface area contributed by atoms with Crippen LogP contribution >= 0.6 is 0 Å². The van der Waals surface area contributed by atoms with Crippen molar-refractivity contribution in [1.82, 2.24) is 29.7 Å². The summed E-state index contributed by atoms with van der Waals surface area (Å²) >= 11 is 0. The number of piperidine rings is 2. The molecular weight excluding hydrogens is 705 g/mol. The van der Waals surface area contributed by atoms with E-state index in [1.807, 2.05) is 36.4 Å². The zero-order valence-electron chi connectivity index (χ0n) is 32.3. The van der Waals surface area contributed by atoms with E-state index in [1.165, 1.54) is 25.8 Å². The second-order valence-corrected chi connectivity index (χ2v) is 17.7. The third-order valence-corrected chi connectivity index (χ3v) is 14.5. The highest BCUT2D eigenvalue weighted by molar-refractivity contribution is 6.09. The Labute approximate surface area is 327 Å². The maximum absolute atomic E-state index is 15.0. The van der Waals surface area contributed by atoms with Crippen molar-refractivity contribution in [2.24, 2.45) is 11.8 Å². The number of imidazole rings is 1. The number of pyridine rings is 1. The van der Waals surface area contributed by atoms with Crippen molar-refractivity contribution in [1.29, 1.82) is 0 Å². The van der Waals surface area contributed by atoms with E-state index in [1.54, 1.807) is 7.05 Å². The van der Waals surface area contributed by atoms with E-state index in [-0.39, 0.29) is 29.7 Å². The molecule has 3 aliphatic carbocycles. The molecular formula is C44H50N8O4. The zero-order chi connectivity index (χ0) is 37.9. The maximum Gasteiger partial charge on any atom is 0.251 e. The van der Waals surface area contributed by atoms with Crippen LogP contribution in [0, 0.1) is 18.8 Å². The lowest BCUT2D eigenvalue weighted by atomic mass is 9.73. The van der Waals surface area contributed by atoms with Crippen molar-refractivity contribution in [3.05, 3.63) is 65.5 Å². The molecule has 4 aliphatic heterocycles. The molecule has 2 bridgehead atoms. The molecule has 3 saturated carbocycles. The molecule has 7 aliphatic rings. The summed E-state index contributed by atoms with van der Waals surface area (Å²) < 4.78 is 7.55. The molecule has 3 amide bonds. The summed E-state index contributed by atoms with van der Waals surface area (Å²) in [6.07, 6.45) is 11.4. The minimum atomic E-state index is -0.639. The lowest BCUT2D eigenvalue weighted by Crippen LogP contribution is -2.59. The molecule has 12 heteroatoms. The van der Waals surface area contributed by atoms with Gasteiger partial charge in [0.25, 0.3) is 5.91 Å². The third-order valence-electron chi connectivity index (χ3n) is 14.5. The molecule has 3 saturated heterocycles. The number of nitrogens with zero attached hydrogens (tertiary/aromatic N) is 6. The van der Waals surface area contributed by atoms with E-state index in [9.17, 15) is 9.59 Å². The first-order valence-electron chi connectivity index (χ1n) is 20.9. The molecule has 6 heterocycles. The summed E-state index contributed by atoms with van der Waals surface area (Å²) in [6.45, 7) is 5.32. The van der Waals surface area contributed by atoms with Gasteiger partial charge in [-0.25, -0.2) is 9.97 Å². The molecule has 11 rings (SSSR count). The normalized spacial score (nSPS) is 26.8. The molecule has 6 fully saturated rings. The van der Waals surface area contributed by atoms with Crippen LogP contribution in [0.2, 0.25) is 0 Å². The van der Waals surface area contributed by atoms with Crippen LogP contribution in [0.15, 0.2) is 48.8 Å². The Morgan fingerprint density at radius 2 is 1.71 bits per heavy atom. The van der Waals surface area contributed by atoms with Crippen molar-refractivity contribution in [2.75, 3.05) is 50.1 Å². The van der Waals surface area contributed by atoms with Crippen LogP contribution in [0.25, 0.3) is 22.3 Å². The van der Waals surface area contributed by atoms with Gasteiger partial charge in [-0.2, -0.15) is 0 Å². The fourth-order valence-electron chi connectivity index (χ4n) is 10.9. The van der Waals surface area contributed by atoms with Gasteiger partial charge in [0.1, 0.15) is 5.52 Å². The highest BCUT2D eigenvalue weighted by Crippen LogP contribution is 2.53. The molecule has 4 aromatic rings. The lowest BCUT2D eigenvalue weighted by Gasteiger charge is -2.48. The Morgan fingerprint density at radius 3 is 2.41 bits per heavy atom. The number of carbonyl (C=O) groups is 3. The lowest BCUT2D eigenvalue weighted by molar-refractivity contribution is -0.152. The summed E-state index contributed by atoms with van der Waals surface area (Å²) in [6, 6.07) is 16.2. The average Bonchev–Trinajstić information content (AvgIpc) is 3.47. The predicted octanol–water partition coefficient (Wildman–Crippen LogP) is 5.71. The molecule has 0 unspecified atom stereocenters. The van der Waals surface area contributed by atoms with E-state index >= 15 is 4.79 Å². The molecule has 56 heavy (non-hydrogen) atoms. The monoisotopic (exact) mass is 754 g/mol. The second kappa shape index (κ2) is 12.9. The van der Waals surface area contributed by atoms with Crippen LogP contribution in [0.3, 0.4) is 0 Å². The number of hydrogen-bond acceptors (Lipinski definition) is 8. The number of nitrogens with one attached hydrogen (secondary N) is 2. The highest BCUT2D eigenvalue weighted by atomic mass is 16.5. The second-order valence-electron chi connectivity index (χ2n) is 17.7. The molecule has 2 atom stereocenters.